The second kappa shape index (κ2) is 30.7. The third-order valence-electron chi connectivity index (χ3n) is 18.2. The molecule has 104 heavy (non-hydrogen) atoms. The van der Waals surface area contributed by atoms with Crippen molar-refractivity contribution >= 4 is 55.2 Å². The van der Waals surface area contributed by atoms with Crippen molar-refractivity contribution in [2.75, 3.05) is 26.2 Å². The van der Waals surface area contributed by atoms with E-state index < -0.39 is 0 Å². The molecule has 1 saturated heterocycles. The van der Waals surface area contributed by atoms with Crippen LogP contribution in [0.5, 0.6) is 5.75 Å². The molecular formula is C79H76ClF2N21O. The Hall–Kier alpha value is -11.9. The molecule has 8 aromatic heterocycles. The summed E-state index contributed by atoms with van der Waals surface area (Å²) in [4.78, 5) is 20.5. The Morgan fingerprint density at radius 1 is 0.442 bits per heavy atom. The molecule has 18 rings (SSSR count). The van der Waals surface area contributed by atoms with Gasteiger partial charge in [-0.2, -0.15) is 40.8 Å². The van der Waals surface area contributed by atoms with Gasteiger partial charge in [0, 0.05) is 96.9 Å². The van der Waals surface area contributed by atoms with E-state index in [1.165, 1.54) is 75.8 Å². The summed E-state index contributed by atoms with van der Waals surface area (Å²) in [6, 6.07) is 52.7. The first kappa shape index (κ1) is 67.9. The number of aromatic amines is 8. The average molecular weight is 1410 g/mol. The molecule has 1 aliphatic heterocycles. The highest BCUT2D eigenvalue weighted by molar-refractivity contribution is 6.30. The van der Waals surface area contributed by atoms with Crippen molar-refractivity contribution in [3.05, 3.63) is 210 Å². The van der Waals surface area contributed by atoms with Crippen molar-refractivity contribution in [2.45, 2.75) is 79.1 Å². The molecule has 524 valence electrons. The molecule has 0 atom stereocenters. The van der Waals surface area contributed by atoms with Gasteiger partial charge in [-0.15, -0.1) is 0 Å². The number of nitrogens with one attached hydrogen (secondary N) is 8. The van der Waals surface area contributed by atoms with Crippen molar-refractivity contribution in [1.29, 1.82) is 0 Å². The van der Waals surface area contributed by atoms with Crippen LogP contribution >= 0.6 is 11.6 Å². The van der Waals surface area contributed by atoms with E-state index in [1.54, 1.807) is 12.1 Å². The minimum absolute atomic E-state index is 0.275. The summed E-state index contributed by atoms with van der Waals surface area (Å²) in [6.07, 6.45) is 10.7. The lowest BCUT2D eigenvalue weighted by atomic mass is 10.1. The highest BCUT2D eigenvalue weighted by atomic mass is 35.5. The number of aromatic nitrogens is 20. The summed E-state index contributed by atoms with van der Waals surface area (Å²) in [7, 11) is 0. The summed E-state index contributed by atoms with van der Waals surface area (Å²) in [6.45, 7) is 12.7. The van der Waals surface area contributed by atoms with E-state index in [1.807, 2.05) is 115 Å². The molecule has 9 heterocycles. The lowest BCUT2D eigenvalue weighted by molar-refractivity contribution is 0.183. The normalized spacial score (nSPS) is 13.2. The number of hydrogen-bond donors (Lipinski definition) is 8. The number of nitrogens with zero attached hydrogens (tertiary/aromatic N) is 13. The van der Waals surface area contributed by atoms with Crippen LogP contribution in [0.25, 0.3) is 134 Å². The molecule has 25 heteroatoms. The van der Waals surface area contributed by atoms with Crippen LogP contribution in [0.1, 0.15) is 77.3 Å². The standard InChI is InChI=1S/C26H32N6O.C19H16FN5.C19H18FN5.C15H10ClN5/c1-18(2)15-24-27-26(31-29-24)20-9-10-23-22(17-20)25(30-28-23)19-7-6-8-21(16-19)33-14-13-32-11-4-3-5-12-32;20-14-3-1-2-12(9-14)18-15-10-13(6-7-16(15)22-24-18)19-21-17(23-25-19)8-11-4-5-11;1-11(2)8-17-21-19(25-23-17)13-6-7-16-15(10-13)18(24-22-16)12-4-3-5-14(20)9-12;16-11-4-1-9(2-5-11)14-12-7-10(15-17-8-18-21-15)3-6-13(12)19-20-14/h6-10,16-18H,3-5,11-15H2,1-2H3,(H,28,30)(H,27,29,31);1-3,6-7,9-11H,4-5,8H2,(H,22,24)(H,21,23,25);3-7,9-11H,8H2,1-2H3,(H,22,24)(H,21,23,25);1-8H,(H,19,20)(H,17,18,21). The van der Waals surface area contributed by atoms with Gasteiger partial charge in [0.25, 0.3) is 0 Å². The highest BCUT2D eigenvalue weighted by Gasteiger charge is 2.24. The molecule has 0 amide bonds. The van der Waals surface area contributed by atoms with Crippen LogP contribution in [0.2, 0.25) is 5.02 Å². The minimum Gasteiger partial charge on any atom is -0.492 e. The molecule has 8 N–H and O–H groups in total. The Morgan fingerprint density at radius 3 is 1.34 bits per heavy atom. The maximum Gasteiger partial charge on any atom is 0.181 e. The zero-order chi connectivity index (χ0) is 71.0. The average Bonchev–Trinajstić information content (AvgIpc) is 1.65. The Bertz CT molecular complexity index is 5400. The Morgan fingerprint density at radius 2 is 0.875 bits per heavy atom. The van der Waals surface area contributed by atoms with Crippen LogP contribution in [-0.2, 0) is 19.3 Å². The fraction of sp³-hybridized carbons (Fsp3) is 0.241. The molecular weight excluding hydrogens is 1330 g/mol. The van der Waals surface area contributed by atoms with Gasteiger partial charge in [0.05, 0.1) is 27.8 Å². The summed E-state index contributed by atoms with van der Waals surface area (Å²) in [5.41, 5.74) is 14.3. The highest BCUT2D eigenvalue weighted by Crippen LogP contribution is 2.37. The van der Waals surface area contributed by atoms with Crippen molar-refractivity contribution in [3.63, 3.8) is 0 Å². The molecule has 8 aromatic carbocycles. The first-order chi connectivity index (χ1) is 50.8. The molecule has 0 spiro atoms. The quantitative estimate of drug-likeness (QED) is 0.0396. The topological polar surface area (TPSA) is 293 Å². The SMILES string of the molecule is CC(C)Cc1nc(-c2ccc3[nH]nc(-c4cccc(F)c4)c3c2)n[nH]1.CC(C)Cc1nc(-c2ccc3[nH]nc(-c4cccc(OCCN5CCCCC5)c4)c3c2)n[nH]1.Clc1ccc(-c2n[nH]c3ccc(-c4ncn[nH]4)cc23)cc1.Fc1cccc(-c2n[nH]c3ccc(-c4n[nH]c(CC5CC5)n4)cc23)c1. The maximum atomic E-state index is 13.6. The van der Waals surface area contributed by atoms with Gasteiger partial charge >= 0.3 is 0 Å². The summed E-state index contributed by atoms with van der Waals surface area (Å²) in [5.74, 6) is 7.66. The zero-order valence-corrected chi connectivity index (χ0v) is 58.6. The van der Waals surface area contributed by atoms with Crippen molar-refractivity contribution < 1.29 is 13.5 Å². The molecule has 1 aliphatic carbocycles. The van der Waals surface area contributed by atoms with Gasteiger partial charge in [0.15, 0.2) is 23.3 Å². The summed E-state index contributed by atoms with van der Waals surface area (Å²) in [5, 5.41) is 63.5. The molecule has 2 fully saturated rings. The predicted molar refractivity (Wildman–Crippen MR) is 402 cm³/mol. The van der Waals surface area contributed by atoms with E-state index in [0.717, 1.165) is 172 Å². The molecule has 2 aliphatic rings. The first-order valence-electron chi connectivity index (χ1n) is 35.1. The molecule has 0 unspecified atom stereocenters. The number of H-pyrrole nitrogens is 8. The van der Waals surface area contributed by atoms with E-state index in [-0.39, 0.29) is 11.6 Å². The predicted octanol–water partition coefficient (Wildman–Crippen LogP) is 17.2. The molecule has 22 nitrogen and oxygen atoms in total. The van der Waals surface area contributed by atoms with Crippen LogP contribution in [0, 0.1) is 29.4 Å². The van der Waals surface area contributed by atoms with Crippen LogP contribution in [0.4, 0.5) is 8.78 Å². The number of benzene rings is 8. The Labute approximate surface area is 601 Å². The number of piperidine rings is 1. The maximum absolute atomic E-state index is 13.6. The zero-order valence-electron chi connectivity index (χ0n) is 57.8. The lowest BCUT2D eigenvalue weighted by Crippen LogP contribution is -2.33. The van der Waals surface area contributed by atoms with Gasteiger partial charge in [-0.25, -0.2) is 28.7 Å². The Balaban J connectivity index is 0.000000113. The molecule has 16 aromatic rings. The van der Waals surface area contributed by atoms with E-state index >= 15 is 0 Å². The second-order valence-electron chi connectivity index (χ2n) is 27.1. The van der Waals surface area contributed by atoms with E-state index in [9.17, 15) is 8.78 Å². The summed E-state index contributed by atoms with van der Waals surface area (Å²) >= 11 is 5.94. The van der Waals surface area contributed by atoms with Crippen LogP contribution in [-0.4, -0.2) is 133 Å². The van der Waals surface area contributed by atoms with Crippen LogP contribution in [0.3, 0.4) is 0 Å². The number of likely N-dealkylation sites (tertiary alicyclic amines) is 1. The number of hydrogen-bond acceptors (Lipinski definition) is 14. The van der Waals surface area contributed by atoms with Gasteiger partial charge < -0.3 is 4.74 Å². The Kier molecular flexibility index (Phi) is 20.1. The first-order valence-corrected chi connectivity index (χ1v) is 35.5. The van der Waals surface area contributed by atoms with E-state index in [0.29, 0.717) is 40.8 Å². The van der Waals surface area contributed by atoms with Crippen molar-refractivity contribution in [1.82, 2.24) is 106 Å². The number of fused-ring (bicyclic) bond motifs is 4. The summed E-state index contributed by atoms with van der Waals surface area (Å²) < 4.78 is 33.2. The second-order valence-corrected chi connectivity index (χ2v) is 27.6. The monoisotopic (exact) mass is 1410 g/mol. The van der Waals surface area contributed by atoms with Gasteiger partial charge in [0.1, 0.15) is 64.9 Å². The minimum atomic E-state index is -0.280. The van der Waals surface area contributed by atoms with Gasteiger partial charge in [0.2, 0.25) is 0 Å². The van der Waals surface area contributed by atoms with Crippen molar-refractivity contribution in [2.24, 2.45) is 17.8 Å². The number of rotatable bonds is 18. The third kappa shape index (κ3) is 16.1. The molecule has 0 radical (unpaired) electrons. The smallest absolute Gasteiger partial charge is 0.181 e. The molecule has 1 saturated carbocycles. The van der Waals surface area contributed by atoms with Gasteiger partial charge in [-0.1, -0.05) is 94.2 Å². The largest absolute Gasteiger partial charge is 0.492 e. The number of halogens is 3. The molecule has 0 bridgehead atoms. The number of ether oxygens (including phenoxy) is 1. The van der Waals surface area contributed by atoms with Gasteiger partial charge in [-0.05, 0) is 178 Å². The van der Waals surface area contributed by atoms with E-state index in [4.69, 9.17) is 16.3 Å². The fourth-order valence-corrected chi connectivity index (χ4v) is 13.0. The van der Waals surface area contributed by atoms with Gasteiger partial charge in [-0.3, -0.25) is 45.7 Å². The van der Waals surface area contributed by atoms with E-state index in [2.05, 4.69) is 152 Å². The lowest BCUT2D eigenvalue weighted by Gasteiger charge is -2.26. The van der Waals surface area contributed by atoms with Crippen LogP contribution in [0.15, 0.2) is 176 Å². The van der Waals surface area contributed by atoms with Crippen LogP contribution < -0.4 is 4.74 Å². The van der Waals surface area contributed by atoms with Crippen molar-refractivity contribution in [3.8, 4) is 96.3 Å². The third-order valence-corrected chi connectivity index (χ3v) is 18.5. The fourth-order valence-electron chi connectivity index (χ4n) is 12.8.